The smallest absolute Gasteiger partial charge is 0.273 e. The van der Waals surface area contributed by atoms with Gasteiger partial charge in [0.1, 0.15) is 0 Å². The van der Waals surface area contributed by atoms with E-state index < -0.39 is 0 Å². The van der Waals surface area contributed by atoms with Crippen LogP contribution in [0.2, 0.25) is 0 Å². The van der Waals surface area contributed by atoms with Crippen molar-refractivity contribution in [1.29, 1.82) is 0 Å². The molecule has 5 heteroatoms. The standard InChI is InChI=1S/C13H18N2O2S/c1-10-12(6-4-8-18-10)14-9-11-5-2-3-7-13(11)15(16)17/h2-3,5,7,10,12,14H,4,6,8-9H2,1H3. The van der Waals surface area contributed by atoms with E-state index in [4.69, 9.17) is 0 Å². The summed E-state index contributed by atoms with van der Waals surface area (Å²) in [4.78, 5) is 10.6. The molecule has 0 amide bonds. The number of hydrogen-bond acceptors (Lipinski definition) is 4. The summed E-state index contributed by atoms with van der Waals surface area (Å²) in [6.07, 6.45) is 2.39. The van der Waals surface area contributed by atoms with Crippen LogP contribution in [0.5, 0.6) is 0 Å². The molecule has 0 bridgehead atoms. The number of benzene rings is 1. The van der Waals surface area contributed by atoms with E-state index in [0.29, 0.717) is 17.8 Å². The average Bonchev–Trinajstić information content (AvgIpc) is 2.38. The molecule has 0 spiro atoms. The normalized spacial score (nSPS) is 23.8. The Morgan fingerprint density at radius 3 is 3.00 bits per heavy atom. The number of nitro benzene ring substituents is 1. The lowest BCUT2D eigenvalue weighted by molar-refractivity contribution is -0.385. The molecule has 0 aromatic heterocycles. The maximum absolute atomic E-state index is 10.9. The fraction of sp³-hybridized carbons (Fsp3) is 0.538. The highest BCUT2D eigenvalue weighted by molar-refractivity contribution is 7.99. The Kier molecular flexibility index (Phi) is 4.60. The van der Waals surface area contributed by atoms with Gasteiger partial charge in [-0.1, -0.05) is 25.1 Å². The first kappa shape index (κ1) is 13.4. The van der Waals surface area contributed by atoms with Gasteiger partial charge in [0.2, 0.25) is 0 Å². The van der Waals surface area contributed by atoms with E-state index in [1.807, 2.05) is 23.9 Å². The van der Waals surface area contributed by atoms with Gasteiger partial charge in [0, 0.05) is 29.5 Å². The number of rotatable bonds is 4. The number of nitrogens with one attached hydrogen (secondary N) is 1. The summed E-state index contributed by atoms with van der Waals surface area (Å²) in [5.74, 6) is 1.23. The van der Waals surface area contributed by atoms with Gasteiger partial charge in [-0.2, -0.15) is 11.8 Å². The van der Waals surface area contributed by atoms with Gasteiger partial charge in [-0.15, -0.1) is 0 Å². The largest absolute Gasteiger partial charge is 0.309 e. The molecule has 1 fully saturated rings. The van der Waals surface area contributed by atoms with Crippen LogP contribution in [-0.2, 0) is 6.54 Å². The third-order valence-electron chi connectivity index (χ3n) is 3.35. The maximum atomic E-state index is 10.9. The SMILES string of the molecule is CC1SCCCC1NCc1ccccc1[N+](=O)[O-]. The van der Waals surface area contributed by atoms with Crippen LogP contribution in [0.15, 0.2) is 24.3 Å². The first-order valence-corrected chi connectivity index (χ1v) is 7.30. The summed E-state index contributed by atoms with van der Waals surface area (Å²) >= 11 is 1.98. The second kappa shape index (κ2) is 6.20. The molecular weight excluding hydrogens is 248 g/mol. The first-order chi connectivity index (χ1) is 8.68. The minimum atomic E-state index is -0.309. The molecule has 1 saturated heterocycles. The highest BCUT2D eigenvalue weighted by atomic mass is 32.2. The molecule has 0 aliphatic carbocycles. The Morgan fingerprint density at radius 2 is 2.28 bits per heavy atom. The van der Waals surface area contributed by atoms with Gasteiger partial charge in [-0.3, -0.25) is 10.1 Å². The van der Waals surface area contributed by atoms with Gasteiger partial charge in [0.15, 0.2) is 0 Å². The zero-order valence-corrected chi connectivity index (χ0v) is 11.3. The quantitative estimate of drug-likeness (QED) is 0.672. The molecule has 18 heavy (non-hydrogen) atoms. The van der Waals surface area contributed by atoms with Crippen molar-refractivity contribution in [1.82, 2.24) is 5.32 Å². The molecule has 98 valence electrons. The predicted molar refractivity (Wildman–Crippen MR) is 74.9 cm³/mol. The van der Waals surface area contributed by atoms with E-state index in [2.05, 4.69) is 12.2 Å². The van der Waals surface area contributed by atoms with Crippen molar-refractivity contribution in [2.45, 2.75) is 37.6 Å². The van der Waals surface area contributed by atoms with Crippen LogP contribution in [0.4, 0.5) is 5.69 Å². The minimum absolute atomic E-state index is 0.209. The van der Waals surface area contributed by atoms with E-state index in [9.17, 15) is 10.1 Å². The maximum Gasteiger partial charge on any atom is 0.273 e. The molecule has 0 saturated carbocycles. The molecule has 1 aromatic rings. The van der Waals surface area contributed by atoms with Crippen molar-refractivity contribution in [3.8, 4) is 0 Å². The van der Waals surface area contributed by atoms with E-state index in [-0.39, 0.29) is 10.6 Å². The first-order valence-electron chi connectivity index (χ1n) is 6.26. The molecule has 1 aromatic carbocycles. The zero-order valence-electron chi connectivity index (χ0n) is 10.5. The summed E-state index contributed by atoms with van der Waals surface area (Å²) in [5.41, 5.74) is 0.978. The summed E-state index contributed by atoms with van der Waals surface area (Å²) in [6, 6.07) is 7.41. The lowest BCUT2D eigenvalue weighted by Gasteiger charge is -2.29. The molecule has 1 aliphatic heterocycles. The van der Waals surface area contributed by atoms with Crippen LogP contribution in [0.3, 0.4) is 0 Å². The molecule has 1 heterocycles. The minimum Gasteiger partial charge on any atom is -0.309 e. The van der Waals surface area contributed by atoms with Gasteiger partial charge < -0.3 is 5.32 Å². The van der Waals surface area contributed by atoms with Crippen LogP contribution in [0.25, 0.3) is 0 Å². The van der Waals surface area contributed by atoms with Crippen LogP contribution in [0, 0.1) is 10.1 Å². The van der Waals surface area contributed by atoms with Gasteiger partial charge in [0.05, 0.1) is 4.92 Å². The third kappa shape index (κ3) is 3.23. The Labute approximate surface area is 111 Å². The molecule has 2 unspecified atom stereocenters. The Bertz CT molecular complexity index is 425. The molecular formula is C13H18N2O2S. The number of hydrogen-bond donors (Lipinski definition) is 1. The van der Waals surface area contributed by atoms with Crippen LogP contribution < -0.4 is 5.32 Å². The number of nitrogens with zero attached hydrogens (tertiary/aromatic N) is 1. The number of para-hydroxylation sites is 1. The van der Waals surface area contributed by atoms with Crippen molar-refractivity contribution in [3.05, 3.63) is 39.9 Å². The second-order valence-corrected chi connectivity index (χ2v) is 6.08. The summed E-state index contributed by atoms with van der Waals surface area (Å²) in [5, 5.41) is 15.0. The Morgan fingerprint density at radius 1 is 1.50 bits per heavy atom. The van der Waals surface area contributed by atoms with Gasteiger partial charge in [-0.05, 0) is 18.6 Å². The van der Waals surface area contributed by atoms with Crippen molar-refractivity contribution in [2.24, 2.45) is 0 Å². The Hall–Kier alpha value is -1.07. The molecule has 4 nitrogen and oxygen atoms in total. The molecule has 2 atom stereocenters. The molecule has 2 rings (SSSR count). The van der Waals surface area contributed by atoms with Crippen LogP contribution in [0.1, 0.15) is 25.3 Å². The van der Waals surface area contributed by atoms with E-state index in [1.54, 1.807) is 12.1 Å². The van der Waals surface area contributed by atoms with Gasteiger partial charge in [-0.25, -0.2) is 0 Å². The molecule has 1 N–H and O–H groups in total. The fourth-order valence-corrected chi connectivity index (χ4v) is 3.44. The van der Waals surface area contributed by atoms with Crippen LogP contribution in [-0.4, -0.2) is 22.0 Å². The average molecular weight is 266 g/mol. The summed E-state index contributed by atoms with van der Waals surface area (Å²) in [7, 11) is 0. The van der Waals surface area contributed by atoms with Crippen molar-refractivity contribution in [2.75, 3.05) is 5.75 Å². The van der Waals surface area contributed by atoms with Gasteiger partial charge in [0.25, 0.3) is 5.69 Å². The highest BCUT2D eigenvalue weighted by Gasteiger charge is 2.22. The predicted octanol–water partition coefficient (Wildman–Crippen LogP) is 2.97. The zero-order chi connectivity index (χ0) is 13.0. The van der Waals surface area contributed by atoms with Crippen molar-refractivity contribution in [3.63, 3.8) is 0 Å². The lowest BCUT2D eigenvalue weighted by Crippen LogP contribution is -2.38. The molecule has 0 radical (unpaired) electrons. The van der Waals surface area contributed by atoms with E-state index in [1.165, 1.54) is 12.2 Å². The Balaban J connectivity index is 1.99. The van der Waals surface area contributed by atoms with E-state index >= 15 is 0 Å². The third-order valence-corrected chi connectivity index (χ3v) is 4.73. The monoisotopic (exact) mass is 266 g/mol. The highest BCUT2D eigenvalue weighted by Crippen LogP contribution is 2.26. The topological polar surface area (TPSA) is 55.2 Å². The second-order valence-electron chi connectivity index (χ2n) is 4.59. The number of nitro groups is 1. The van der Waals surface area contributed by atoms with Crippen molar-refractivity contribution < 1.29 is 4.92 Å². The summed E-state index contributed by atoms with van der Waals surface area (Å²) < 4.78 is 0. The fourth-order valence-electron chi connectivity index (χ4n) is 2.27. The van der Waals surface area contributed by atoms with E-state index in [0.717, 1.165) is 12.0 Å². The number of thioether (sulfide) groups is 1. The molecule has 1 aliphatic rings. The van der Waals surface area contributed by atoms with Gasteiger partial charge >= 0.3 is 0 Å². The lowest BCUT2D eigenvalue weighted by atomic mass is 10.1. The summed E-state index contributed by atoms with van der Waals surface area (Å²) in [6.45, 7) is 2.80. The van der Waals surface area contributed by atoms with Crippen LogP contribution >= 0.6 is 11.8 Å². The van der Waals surface area contributed by atoms with Crippen molar-refractivity contribution >= 4 is 17.4 Å².